The van der Waals surface area contributed by atoms with Crippen LogP contribution in [0.25, 0.3) is 21.3 Å². The fraction of sp³-hybridized carbons (Fsp3) is 0.381. The van der Waals surface area contributed by atoms with Crippen LogP contribution >= 0.6 is 23.7 Å². The molecule has 0 spiro atoms. The summed E-state index contributed by atoms with van der Waals surface area (Å²) in [5.74, 6) is -0.0111. The average Bonchev–Trinajstić information content (AvgIpc) is 3.14. The van der Waals surface area contributed by atoms with E-state index in [1.165, 1.54) is 16.9 Å². The number of aryl methyl sites for hydroxylation is 2. The van der Waals surface area contributed by atoms with Crippen LogP contribution in [0.1, 0.15) is 24.8 Å². The number of fused-ring (bicyclic) bond motifs is 1. The van der Waals surface area contributed by atoms with Crippen molar-refractivity contribution in [1.29, 1.82) is 0 Å². The highest BCUT2D eigenvalue weighted by atomic mass is 35.5. The molecule has 154 valence electrons. The number of thiophene rings is 1. The minimum Gasteiger partial charge on any atom is -0.353 e. The van der Waals surface area contributed by atoms with Crippen molar-refractivity contribution in [2.24, 2.45) is 0 Å². The summed E-state index contributed by atoms with van der Waals surface area (Å²) in [4.78, 5) is 30.5. The SMILES string of the molecule is Cc1ccc(-c2csc3ncn(CCC(=O)NC4CCNCC4)c(=O)c23)cc1.Cl. The summed E-state index contributed by atoms with van der Waals surface area (Å²) in [5, 5.41) is 8.97. The Bertz CT molecular complexity index is 1040. The summed E-state index contributed by atoms with van der Waals surface area (Å²) >= 11 is 1.47. The first-order valence-electron chi connectivity index (χ1n) is 9.65. The van der Waals surface area contributed by atoms with E-state index in [1.54, 1.807) is 10.9 Å². The predicted octanol–water partition coefficient (Wildman–Crippen LogP) is 3.11. The number of hydrogen-bond donors (Lipinski definition) is 2. The van der Waals surface area contributed by atoms with Gasteiger partial charge in [0.05, 0.1) is 11.7 Å². The Kier molecular flexibility index (Phi) is 7.05. The van der Waals surface area contributed by atoms with Gasteiger partial charge in [0.15, 0.2) is 0 Å². The predicted molar refractivity (Wildman–Crippen MR) is 120 cm³/mol. The van der Waals surface area contributed by atoms with Crippen molar-refractivity contribution < 1.29 is 4.79 Å². The molecule has 1 aromatic carbocycles. The molecule has 4 rings (SSSR count). The van der Waals surface area contributed by atoms with Crippen LogP contribution in [-0.4, -0.2) is 34.6 Å². The number of benzene rings is 1. The molecule has 0 aliphatic carbocycles. The molecule has 0 radical (unpaired) electrons. The topological polar surface area (TPSA) is 76.0 Å². The van der Waals surface area contributed by atoms with Gasteiger partial charge in [-0.05, 0) is 38.4 Å². The van der Waals surface area contributed by atoms with Crippen LogP contribution in [0.15, 0.2) is 40.8 Å². The van der Waals surface area contributed by atoms with Gasteiger partial charge in [-0.3, -0.25) is 14.2 Å². The molecule has 0 unspecified atom stereocenters. The molecule has 1 aliphatic rings. The van der Waals surface area contributed by atoms with E-state index in [0.717, 1.165) is 41.9 Å². The number of hydrogen-bond acceptors (Lipinski definition) is 5. The van der Waals surface area contributed by atoms with Crippen LogP contribution in [0.2, 0.25) is 0 Å². The summed E-state index contributed by atoms with van der Waals surface area (Å²) in [6, 6.07) is 8.37. The molecule has 1 saturated heterocycles. The molecule has 1 aliphatic heterocycles. The number of aromatic nitrogens is 2. The number of nitrogens with zero attached hydrogens (tertiary/aromatic N) is 2. The first kappa shape index (κ1) is 21.5. The highest BCUT2D eigenvalue weighted by Crippen LogP contribution is 2.30. The molecule has 1 fully saturated rings. The molecule has 2 N–H and O–H groups in total. The lowest BCUT2D eigenvalue weighted by Gasteiger charge is -2.23. The second-order valence-corrected chi connectivity index (χ2v) is 8.14. The Morgan fingerprint density at radius 3 is 2.72 bits per heavy atom. The number of amides is 1. The minimum atomic E-state index is -0.0866. The van der Waals surface area contributed by atoms with Crippen LogP contribution in [0.5, 0.6) is 0 Å². The van der Waals surface area contributed by atoms with Gasteiger partial charge in [-0.1, -0.05) is 29.8 Å². The number of halogens is 1. The van der Waals surface area contributed by atoms with Crippen molar-refractivity contribution in [3.05, 3.63) is 51.9 Å². The van der Waals surface area contributed by atoms with Gasteiger partial charge in [0.2, 0.25) is 5.91 Å². The van der Waals surface area contributed by atoms with Gasteiger partial charge >= 0.3 is 0 Å². The van der Waals surface area contributed by atoms with Crippen molar-refractivity contribution in [1.82, 2.24) is 20.2 Å². The van der Waals surface area contributed by atoms with Gasteiger partial charge < -0.3 is 10.6 Å². The third kappa shape index (κ3) is 4.86. The van der Waals surface area contributed by atoms with Crippen LogP contribution in [0, 0.1) is 6.92 Å². The first-order chi connectivity index (χ1) is 13.6. The van der Waals surface area contributed by atoms with E-state index in [1.807, 2.05) is 36.6 Å². The van der Waals surface area contributed by atoms with Crippen LogP contribution in [-0.2, 0) is 11.3 Å². The maximum Gasteiger partial charge on any atom is 0.262 e. The van der Waals surface area contributed by atoms with Crippen molar-refractivity contribution >= 4 is 39.9 Å². The van der Waals surface area contributed by atoms with Gasteiger partial charge in [-0.25, -0.2) is 4.98 Å². The lowest BCUT2D eigenvalue weighted by Crippen LogP contribution is -2.43. The number of carbonyl (C=O) groups is 1. The minimum absolute atomic E-state index is 0. The van der Waals surface area contributed by atoms with Crippen molar-refractivity contribution in [2.75, 3.05) is 13.1 Å². The molecule has 6 nitrogen and oxygen atoms in total. The van der Waals surface area contributed by atoms with Crippen molar-refractivity contribution in [3.63, 3.8) is 0 Å². The van der Waals surface area contributed by atoms with E-state index >= 15 is 0 Å². The second-order valence-electron chi connectivity index (χ2n) is 7.28. The molecule has 0 atom stereocenters. The number of nitrogens with one attached hydrogen (secondary N) is 2. The van der Waals surface area contributed by atoms with E-state index in [2.05, 4.69) is 15.6 Å². The maximum absolute atomic E-state index is 13.0. The summed E-state index contributed by atoms with van der Waals surface area (Å²) < 4.78 is 1.55. The second kappa shape index (κ2) is 9.52. The van der Waals surface area contributed by atoms with E-state index in [-0.39, 0.29) is 36.3 Å². The van der Waals surface area contributed by atoms with Gasteiger partial charge in [0.1, 0.15) is 4.83 Å². The molecule has 2 aromatic heterocycles. The van der Waals surface area contributed by atoms with E-state index < -0.39 is 0 Å². The van der Waals surface area contributed by atoms with Crippen molar-refractivity contribution in [2.45, 2.75) is 38.8 Å². The zero-order valence-corrected chi connectivity index (χ0v) is 17.9. The fourth-order valence-corrected chi connectivity index (χ4v) is 4.47. The lowest BCUT2D eigenvalue weighted by atomic mass is 10.1. The van der Waals surface area contributed by atoms with Gasteiger partial charge in [0, 0.05) is 30.0 Å². The largest absolute Gasteiger partial charge is 0.353 e. The summed E-state index contributed by atoms with van der Waals surface area (Å²) in [7, 11) is 0. The number of piperidine rings is 1. The quantitative estimate of drug-likeness (QED) is 0.649. The third-order valence-corrected chi connectivity index (χ3v) is 6.09. The lowest BCUT2D eigenvalue weighted by molar-refractivity contribution is -0.122. The zero-order chi connectivity index (χ0) is 19.5. The standard InChI is InChI=1S/C21H24N4O2S.ClH/c1-14-2-4-15(5-3-14)17-12-28-20-19(17)21(27)25(13-23-20)11-8-18(26)24-16-6-9-22-10-7-16;/h2-5,12-13,16,22H,6-11H2,1H3,(H,24,26);1H. The van der Waals surface area contributed by atoms with E-state index in [4.69, 9.17) is 0 Å². The molecule has 3 aromatic rings. The number of rotatable bonds is 5. The zero-order valence-electron chi connectivity index (χ0n) is 16.3. The molecule has 0 bridgehead atoms. The Labute approximate surface area is 179 Å². The fourth-order valence-electron chi connectivity index (χ4n) is 3.56. The Balaban J connectivity index is 0.00000240. The summed E-state index contributed by atoms with van der Waals surface area (Å²) in [5.41, 5.74) is 3.01. The first-order valence-corrected chi connectivity index (χ1v) is 10.5. The molecule has 8 heteroatoms. The van der Waals surface area contributed by atoms with Crippen LogP contribution in [0.3, 0.4) is 0 Å². The van der Waals surface area contributed by atoms with Gasteiger partial charge in [-0.2, -0.15) is 0 Å². The molecule has 0 saturated carbocycles. The highest BCUT2D eigenvalue weighted by Gasteiger charge is 2.16. The maximum atomic E-state index is 13.0. The average molecular weight is 433 g/mol. The van der Waals surface area contributed by atoms with E-state index in [0.29, 0.717) is 11.9 Å². The third-order valence-electron chi connectivity index (χ3n) is 5.21. The monoisotopic (exact) mass is 432 g/mol. The van der Waals surface area contributed by atoms with Crippen molar-refractivity contribution in [3.8, 4) is 11.1 Å². The Morgan fingerprint density at radius 1 is 1.28 bits per heavy atom. The van der Waals surface area contributed by atoms with Gasteiger partial charge in [-0.15, -0.1) is 23.7 Å². The molecule has 1 amide bonds. The van der Waals surface area contributed by atoms with E-state index in [9.17, 15) is 9.59 Å². The molecule has 29 heavy (non-hydrogen) atoms. The Morgan fingerprint density at radius 2 is 2.00 bits per heavy atom. The molecular formula is C21H25ClN4O2S. The number of carbonyl (C=O) groups excluding carboxylic acids is 1. The van der Waals surface area contributed by atoms with Crippen LogP contribution in [0.4, 0.5) is 0 Å². The summed E-state index contributed by atoms with van der Waals surface area (Å²) in [6.45, 7) is 4.25. The molecular weight excluding hydrogens is 408 g/mol. The Hall–Kier alpha value is -2.22. The molecule has 3 heterocycles. The normalized spacial score (nSPS) is 14.5. The smallest absolute Gasteiger partial charge is 0.262 e. The van der Waals surface area contributed by atoms with Gasteiger partial charge in [0.25, 0.3) is 5.56 Å². The van der Waals surface area contributed by atoms with Crippen LogP contribution < -0.4 is 16.2 Å². The highest BCUT2D eigenvalue weighted by molar-refractivity contribution is 7.17. The summed E-state index contributed by atoms with van der Waals surface area (Å²) in [6.07, 6.45) is 3.74.